The second kappa shape index (κ2) is 7.84. The van der Waals surface area contributed by atoms with E-state index in [1.54, 1.807) is 6.07 Å². The average molecular weight is 303 g/mol. The molecule has 110 valence electrons. The smallest absolute Gasteiger partial charge is 0.170 e. The van der Waals surface area contributed by atoms with Gasteiger partial charge in [0.15, 0.2) is 5.78 Å². The molecule has 0 N–H and O–H groups in total. The standard InChI is InChI=1S/C18H19ClO2/c1-2-6-17(20)13-21-18-10-9-16(19)12-15(18)11-14-7-4-3-5-8-14/h3-5,7-10,12H,2,6,11,13H2,1H3. The van der Waals surface area contributed by atoms with E-state index in [1.807, 2.05) is 37.3 Å². The van der Waals surface area contributed by atoms with Crippen LogP contribution in [0.15, 0.2) is 48.5 Å². The van der Waals surface area contributed by atoms with Crippen molar-refractivity contribution in [3.8, 4) is 5.75 Å². The zero-order valence-electron chi connectivity index (χ0n) is 12.1. The van der Waals surface area contributed by atoms with Crippen molar-refractivity contribution in [3.05, 3.63) is 64.7 Å². The first kappa shape index (κ1) is 15.6. The SMILES string of the molecule is CCCC(=O)COc1ccc(Cl)cc1Cc1ccccc1. The fourth-order valence-corrected chi connectivity index (χ4v) is 2.35. The maximum atomic E-state index is 11.6. The Hall–Kier alpha value is -1.80. The van der Waals surface area contributed by atoms with E-state index in [1.165, 1.54) is 5.56 Å². The van der Waals surface area contributed by atoms with Gasteiger partial charge in [-0.2, -0.15) is 0 Å². The normalized spacial score (nSPS) is 10.4. The minimum atomic E-state index is 0.122. The molecule has 0 heterocycles. The molecule has 0 bridgehead atoms. The number of carbonyl (C=O) groups is 1. The number of hydrogen-bond donors (Lipinski definition) is 0. The van der Waals surface area contributed by atoms with Gasteiger partial charge in [-0.05, 0) is 35.7 Å². The highest BCUT2D eigenvalue weighted by molar-refractivity contribution is 6.30. The van der Waals surface area contributed by atoms with E-state index in [2.05, 4.69) is 12.1 Å². The van der Waals surface area contributed by atoms with Gasteiger partial charge in [0.25, 0.3) is 0 Å². The van der Waals surface area contributed by atoms with Crippen LogP contribution >= 0.6 is 11.6 Å². The molecule has 21 heavy (non-hydrogen) atoms. The van der Waals surface area contributed by atoms with Crippen LogP contribution in [0.3, 0.4) is 0 Å². The van der Waals surface area contributed by atoms with Crippen molar-refractivity contribution >= 4 is 17.4 Å². The summed E-state index contributed by atoms with van der Waals surface area (Å²) in [4.78, 5) is 11.6. The molecule has 0 fully saturated rings. The summed E-state index contributed by atoms with van der Waals surface area (Å²) in [7, 11) is 0. The maximum absolute atomic E-state index is 11.6. The Morgan fingerprint density at radius 2 is 1.90 bits per heavy atom. The van der Waals surface area contributed by atoms with Gasteiger partial charge in [0, 0.05) is 17.9 Å². The van der Waals surface area contributed by atoms with Crippen LogP contribution < -0.4 is 4.74 Å². The fourth-order valence-electron chi connectivity index (χ4n) is 2.15. The van der Waals surface area contributed by atoms with Crippen LogP contribution in [0.2, 0.25) is 5.02 Å². The van der Waals surface area contributed by atoms with Gasteiger partial charge in [-0.1, -0.05) is 48.9 Å². The molecule has 0 amide bonds. The monoisotopic (exact) mass is 302 g/mol. The zero-order chi connectivity index (χ0) is 15.1. The van der Waals surface area contributed by atoms with Gasteiger partial charge in [-0.15, -0.1) is 0 Å². The molecule has 0 atom stereocenters. The van der Waals surface area contributed by atoms with E-state index in [9.17, 15) is 4.79 Å². The first-order valence-corrected chi connectivity index (χ1v) is 7.53. The van der Waals surface area contributed by atoms with Gasteiger partial charge < -0.3 is 4.74 Å². The number of carbonyl (C=O) groups excluding carboxylic acids is 1. The molecular weight excluding hydrogens is 284 g/mol. The molecule has 0 unspecified atom stereocenters. The predicted molar refractivity (Wildman–Crippen MR) is 86.1 cm³/mol. The summed E-state index contributed by atoms with van der Waals surface area (Å²) in [5.41, 5.74) is 2.18. The molecular formula is C18H19ClO2. The van der Waals surface area contributed by atoms with Crippen molar-refractivity contribution in [1.82, 2.24) is 0 Å². The summed E-state index contributed by atoms with van der Waals surface area (Å²) in [6.07, 6.45) is 2.14. The molecule has 0 aliphatic rings. The lowest BCUT2D eigenvalue weighted by molar-refractivity contribution is -0.121. The molecule has 2 rings (SSSR count). The van der Waals surface area contributed by atoms with E-state index < -0.39 is 0 Å². The minimum absolute atomic E-state index is 0.122. The van der Waals surface area contributed by atoms with Gasteiger partial charge in [0.2, 0.25) is 0 Å². The van der Waals surface area contributed by atoms with Crippen LogP contribution in [-0.4, -0.2) is 12.4 Å². The van der Waals surface area contributed by atoms with E-state index in [4.69, 9.17) is 16.3 Å². The Bertz CT molecular complexity index is 593. The zero-order valence-corrected chi connectivity index (χ0v) is 12.9. The van der Waals surface area contributed by atoms with Gasteiger partial charge in [0.1, 0.15) is 12.4 Å². The van der Waals surface area contributed by atoms with E-state index in [0.29, 0.717) is 11.4 Å². The second-order valence-corrected chi connectivity index (χ2v) is 5.43. The van der Waals surface area contributed by atoms with Gasteiger partial charge in [-0.3, -0.25) is 4.79 Å². The number of halogens is 1. The van der Waals surface area contributed by atoms with Crippen molar-refractivity contribution in [2.45, 2.75) is 26.2 Å². The molecule has 3 heteroatoms. The van der Waals surface area contributed by atoms with Crippen LogP contribution in [-0.2, 0) is 11.2 Å². The molecule has 0 aromatic heterocycles. The molecule has 0 spiro atoms. The fraction of sp³-hybridized carbons (Fsp3) is 0.278. The van der Waals surface area contributed by atoms with Crippen molar-refractivity contribution in [2.24, 2.45) is 0 Å². The van der Waals surface area contributed by atoms with E-state index in [-0.39, 0.29) is 12.4 Å². The first-order chi connectivity index (χ1) is 10.2. The van der Waals surface area contributed by atoms with Crippen LogP contribution in [0.4, 0.5) is 0 Å². The topological polar surface area (TPSA) is 26.3 Å². The molecule has 0 aliphatic heterocycles. The van der Waals surface area contributed by atoms with Crippen LogP contribution in [0.25, 0.3) is 0 Å². The minimum Gasteiger partial charge on any atom is -0.486 e. The Morgan fingerprint density at radius 1 is 1.14 bits per heavy atom. The van der Waals surface area contributed by atoms with Crippen LogP contribution in [0.1, 0.15) is 30.9 Å². The predicted octanol–water partition coefficient (Wildman–Crippen LogP) is 4.68. The van der Waals surface area contributed by atoms with E-state index >= 15 is 0 Å². The highest BCUT2D eigenvalue weighted by Crippen LogP contribution is 2.25. The average Bonchev–Trinajstić information content (AvgIpc) is 2.48. The number of ketones is 1. The lowest BCUT2D eigenvalue weighted by Crippen LogP contribution is -2.11. The third kappa shape index (κ3) is 4.91. The van der Waals surface area contributed by atoms with Gasteiger partial charge in [0.05, 0.1) is 0 Å². The lowest BCUT2D eigenvalue weighted by Gasteiger charge is -2.11. The van der Waals surface area contributed by atoms with Crippen LogP contribution in [0.5, 0.6) is 5.75 Å². The summed E-state index contributed by atoms with van der Waals surface area (Å²) >= 11 is 6.07. The van der Waals surface area contributed by atoms with Gasteiger partial charge in [-0.25, -0.2) is 0 Å². The van der Waals surface area contributed by atoms with Crippen molar-refractivity contribution in [2.75, 3.05) is 6.61 Å². The third-order valence-electron chi connectivity index (χ3n) is 3.18. The molecule has 0 aliphatic carbocycles. The first-order valence-electron chi connectivity index (χ1n) is 7.16. The summed E-state index contributed by atoms with van der Waals surface area (Å²) in [6.45, 7) is 2.11. The van der Waals surface area contributed by atoms with Crippen molar-refractivity contribution in [1.29, 1.82) is 0 Å². The van der Waals surface area contributed by atoms with Gasteiger partial charge >= 0.3 is 0 Å². The number of ether oxygens (including phenoxy) is 1. The third-order valence-corrected chi connectivity index (χ3v) is 3.41. The molecule has 0 radical (unpaired) electrons. The molecule has 0 saturated carbocycles. The number of Topliss-reactive ketones (excluding diaryl/α,β-unsaturated/α-hetero) is 1. The summed E-state index contributed by atoms with van der Waals surface area (Å²) in [5.74, 6) is 0.853. The summed E-state index contributed by atoms with van der Waals surface area (Å²) < 4.78 is 5.67. The van der Waals surface area contributed by atoms with Crippen molar-refractivity contribution in [3.63, 3.8) is 0 Å². The Balaban J connectivity index is 2.12. The maximum Gasteiger partial charge on any atom is 0.170 e. The molecule has 2 aromatic rings. The Kier molecular flexibility index (Phi) is 5.82. The molecule has 0 saturated heterocycles. The summed E-state index contributed by atoms with van der Waals surface area (Å²) in [5, 5.41) is 0.674. The van der Waals surface area contributed by atoms with Crippen LogP contribution in [0, 0.1) is 0 Å². The summed E-state index contributed by atoms with van der Waals surface area (Å²) in [6, 6.07) is 15.6. The highest BCUT2D eigenvalue weighted by atomic mass is 35.5. The van der Waals surface area contributed by atoms with Crippen molar-refractivity contribution < 1.29 is 9.53 Å². The highest BCUT2D eigenvalue weighted by Gasteiger charge is 2.08. The Labute approximate surface area is 130 Å². The molecule has 2 nitrogen and oxygen atoms in total. The number of benzene rings is 2. The largest absolute Gasteiger partial charge is 0.486 e. The number of rotatable bonds is 7. The Morgan fingerprint density at radius 3 is 2.62 bits per heavy atom. The quantitative estimate of drug-likeness (QED) is 0.742. The molecule has 2 aromatic carbocycles. The second-order valence-electron chi connectivity index (χ2n) is 4.99. The number of hydrogen-bond acceptors (Lipinski definition) is 2. The van der Waals surface area contributed by atoms with E-state index in [0.717, 1.165) is 24.2 Å². The lowest BCUT2D eigenvalue weighted by atomic mass is 10.0.